The SMILES string of the molecule is CCC(=O)OCCC[C@]1(O)CC[C@H]2[C@H]3[C@H](CC[C@@]21C)[C@H]1CCC(=O)C=C1C[C@H]3SC(=O)CC. The third kappa shape index (κ3) is 4.59. The number of hydrogen-bond acceptors (Lipinski definition) is 6. The van der Waals surface area contributed by atoms with E-state index in [-0.39, 0.29) is 27.5 Å². The zero-order chi connectivity index (χ0) is 23.8. The Hall–Kier alpha value is -1.14. The Morgan fingerprint density at radius 3 is 2.70 bits per heavy atom. The summed E-state index contributed by atoms with van der Waals surface area (Å²) in [7, 11) is 0. The largest absolute Gasteiger partial charge is 0.466 e. The average molecular weight is 477 g/mol. The molecule has 33 heavy (non-hydrogen) atoms. The molecule has 5 nitrogen and oxygen atoms in total. The third-order valence-corrected chi connectivity index (χ3v) is 10.8. The van der Waals surface area contributed by atoms with Crippen LogP contribution in [-0.2, 0) is 19.1 Å². The second kappa shape index (κ2) is 9.85. The van der Waals surface area contributed by atoms with Crippen molar-refractivity contribution in [2.75, 3.05) is 6.61 Å². The van der Waals surface area contributed by atoms with Crippen LogP contribution in [0.5, 0.6) is 0 Å². The van der Waals surface area contributed by atoms with Gasteiger partial charge in [-0.1, -0.05) is 38.1 Å². The predicted octanol–water partition coefficient (Wildman–Crippen LogP) is 5.24. The lowest BCUT2D eigenvalue weighted by Crippen LogP contribution is -2.55. The van der Waals surface area contributed by atoms with Crippen LogP contribution in [0.3, 0.4) is 0 Å². The Labute approximate surface area is 202 Å². The molecule has 0 aromatic carbocycles. The molecule has 1 N–H and O–H groups in total. The zero-order valence-corrected chi connectivity index (χ0v) is 21.3. The first-order chi connectivity index (χ1) is 15.7. The Morgan fingerprint density at radius 2 is 1.97 bits per heavy atom. The van der Waals surface area contributed by atoms with Gasteiger partial charge in [-0.05, 0) is 86.5 Å². The Balaban J connectivity index is 1.55. The van der Waals surface area contributed by atoms with Gasteiger partial charge in [0.15, 0.2) is 10.9 Å². The van der Waals surface area contributed by atoms with Crippen LogP contribution in [0.4, 0.5) is 0 Å². The van der Waals surface area contributed by atoms with Crippen molar-refractivity contribution in [2.24, 2.45) is 29.1 Å². The first-order valence-corrected chi connectivity index (χ1v) is 13.9. The summed E-state index contributed by atoms with van der Waals surface area (Å²) in [5.41, 5.74) is 0.357. The van der Waals surface area contributed by atoms with Crippen molar-refractivity contribution in [3.8, 4) is 0 Å². The molecule has 0 saturated heterocycles. The second-order valence-electron chi connectivity index (χ2n) is 11.0. The summed E-state index contributed by atoms with van der Waals surface area (Å²) in [6.45, 7) is 6.36. The van der Waals surface area contributed by atoms with E-state index in [9.17, 15) is 19.5 Å². The molecular formula is C27H40O5S. The quantitative estimate of drug-likeness (QED) is 0.400. The number of thioether (sulfide) groups is 1. The molecule has 7 atom stereocenters. The summed E-state index contributed by atoms with van der Waals surface area (Å²) >= 11 is 1.51. The summed E-state index contributed by atoms with van der Waals surface area (Å²) < 4.78 is 5.27. The Bertz CT molecular complexity index is 821. The second-order valence-corrected chi connectivity index (χ2v) is 12.3. The number of carbonyl (C=O) groups is 3. The molecule has 6 heteroatoms. The fourth-order valence-electron chi connectivity index (χ4n) is 7.71. The lowest BCUT2D eigenvalue weighted by atomic mass is 9.50. The van der Waals surface area contributed by atoms with Crippen molar-refractivity contribution in [2.45, 2.75) is 102 Å². The number of carbonyl (C=O) groups excluding carboxylic acids is 3. The number of ketones is 1. The van der Waals surface area contributed by atoms with Crippen LogP contribution in [0.2, 0.25) is 0 Å². The molecule has 0 radical (unpaired) electrons. The van der Waals surface area contributed by atoms with Crippen molar-refractivity contribution < 1.29 is 24.2 Å². The third-order valence-electron chi connectivity index (χ3n) is 9.47. The van der Waals surface area contributed by atoms with Gasteiger partial charge in [-0.2, -0.15) is 0 Å². The highest BCUT2D eigenvalue weighted by atomic mass is 32.2. The molecule has 0 amide bonds. The molecule has 3 saturated carbocycles. The monoisotopic (exact) mass is 476 g/mol. The van der Waals surface area contributed by atoms with Gasteiger partial charge in [0.05, 0.1) is 12.2 Å². The maximum atomic E-state index is 12.5. The average Bonchev–Trinajstić information content (AvgIpc) is 3.06. The van der Waals surface area contributed by atoms with Crippen LogP contribution >= 0.6 is 11.8 Å². The van der Waals surface area contributed by atoms with Crippen molar-refractivity contribution in [3.05, 3.63) is 11.6 Å². The summed E-state index contributed by atoms with van der Waals surface area (Å²) in [4.78, 5) is 36.2. The molecule has 4 rings (SSSR count). The zero-order valence-electron chi connectivity index (χ0n) is 20.4. The Kier molecular flexibility index (Phi) is 7.45. The van der Waals surface area contributed by atoms with E-state index in [1.165, 1.54) is 17.3 Å². The number of ether oxygens (including phenoxy) is 1. The molecular weight excluding hydrogens is 436 g/mol. The maximum Gasteiger partial charge on any atom is 0.305 e. The molecule has 4 aliphatic carbocycles. The van der Waals surface area contributed by atoms with E-state index in [1.54, 1.807) is 6.92 Å². The van der Waals surface area contributed by atoms with Gasteiger partial charge in [-0.3, -0.25) is 14.4 Å². The van der Waals surface area contributed by atoms with E-state index in [1.807, 2.05) is 13.0 Å². The van der Waals surface area contributed by atoms with Crippen molar-refractivity contribution >= 4 is 28.6 Å². The minimum absolute atomic E-state index is 0.178. The van der Waals surface area contributed by atoms with E-state index in [4.69, 9.17) is 4.74 Å². The summed E-state index contributed by atoms with van der Waals surface area (Å²) in [6.07, 6.45) is 10.4. The molecule has 0 unspecified atom stereocenters. The molecule has 0 bridgehead atoms. The minimum Gasteiger partial charge on any atom is -0.466 e. The van der Waals surface area contributed by atoms with Gasteiger partial charge in [-0.15, -0.1) is 0 Å². The fraction of sp³-hybridized carbons (Fsp3) is 0.815. The molecule has 0 aliphatic heterocycles. The van der Waals surface area contributed by atoms with Gasteiger partial charge in [-0.25, -0.2) is 0 Å². The van der Waals surface area contributed by atoms with Gasteiger partial charge in [0.1, 0.15) is 0 Å². The Morgan fingerprint density at radius 1 is 1.18 bits per heavy atom. The molecule has 0 spiro atoms. The van der Waals surface area contributed by atoms with E-state index >= 15 is 0 Å². The van der Waals surface area contributed by atoms with Crippen LogP contribution in [0.25, 0.3) is 0 Å². The van der Waals surface area contributed by atoms with Crippen LogP contribution in [0.15, 0.2) is 11.6 Å². The normalized spacial score (nSPS) is 39.8. The molecule has 0 aromatic heterocycles. The topological polar surface area (TPSA) is 80.7 Å². The van der Waals surface area contributed by atoms with Gasteiger partial charge in [0.2, 0.25) is 0 Å². The number of rotatable bonds is 7. The minimum atomic E-state index is -0.746. The van der Waals surface area contributed by atoms with Crippen LogP contribution in [0.1, 0.15) is 91.4 Å². The van der Waals surface area contributed by atoms with Crippen LogP contribution < -0.4 is 0 Å². The highest BCUT2D eigenvalue weighted by Crippen LogP contribution is 2.66. The van der Waals surface area contributed by atoms with Gasteiger partial charge in [0.25, 0.3) is 0 Å². The van der Waals surface area contributed by atoms with Gasteiger partial charge >= 0.3 is 5.97 Å². The van der Waals surface area contributed by atoms with Crippen molar-refractivity contribution in [1.82, 2.24) is 0 Å². The first kappa shape index (κ1) is 25.0. The van der Waals surface area contributed by atoms with Gasteiger partial charge in [0, 0.05) is 24.5 Å². The van der Waals surface area contributed by atoms with Crippen LogP contribution in [0, 0.1) is 29.1 Å². The van der Waals surface area contributed by atoms with E-state index < -0.39 is 5.60 Å². The number of aliphatic hydroxyl groups is 1. The number of allylic oxidation sites excluding steroid dienone is 1. The first-order valence-electron chi connectivity index (χ1n) is 13.0. The maximum absolute atomic E-state index is 12.5. The van der Waals surface area contributed by atoms with Gasteiger partial charge < -0.3 is 9.84 Å². The fourth-order valence-corrected chi connectivity index (χ4v) is 9.04. The standard InChI is InChI=1S/C27H40O5S/c1-4-23(29)32-14-6-11-27(31)13-10-21-25-20(9-12-26(21,27)3)19-8-7-18(28)15-17(19)16-22(25)33-24(30)5-2/h15,19-22,25,31H,4-14,16H2,1-3H3/t19-,20+,21-,22+,25+,26-,27-/m0/s1. The van der Waals surface area contributed by atoms with Crippen molar-refractivity contribution in [3.63, 3.8) is 0 Å². The number of hydrogen-bond donors (Lipinski definition) is 1. The molecule has 0 heterocycles. The summed E-state index contributed by atoms with van der Waals surface area (Å²) in [5, 5.41) is 12.3. The van der Waals surface area contributed by atoms with Crippen LogP contribution in [-0.4, -0.2) is 39.4 Å². The molecule has 3 fully saturated rings. The summed E-state index contributed by atoms with van der Waals surface area (Å²) in [5.74, 6) is 1.83. The highest BCUT2D eigenvalue weighted by Gasteiger charge is 2.63. The number of esters is 1. The van der Waals surface area contributed by atoms with E-state index in [2.05, 4.69) is 6.92 Å². The molecule has 4 aliphatic rings. The highest BCUT2D eigenvalue weighted by molar-refractivity contribution is 8.14. The predicted molar refractivity (Wildman–Crippen MR) is 130 cm³/mol. The number of fused-ring (bicyclic) bond motifs is 5. The lowest BCUT2D eigenvalue weighted by molar-refractivity contribution is -0.145. The summed E-state index contributed by atoms with van der Waals surface area (Å²) in [6, 6.07) is 0. The smallest absolute Gasteiger partial charge is 0.305 e. The van der Waals surface area contributed by atoms with E-state index in [0.29, 0.717) is 62.4 Å². The van der Waals surface area contributed by atoms with Crippen molar-refractivity contribution in [1.29, 1.82) is 0 Å². The molecule has 0 aromatic rings. The lowest BCUT2D eigenvalue weighted by Gasteiger charge is -2.57. The van der Waals surface area contributed by atoms with E-state index in [0.717, 1.165) is 38.5 Å². The molecule has 184 valence electrons.